The Hall–Kier alpha value is -1.32. The van der Waals surface area contributed by atoms with Crippen LogP contribution in [0.3, 0.4) is 0 Å². The molecule has 0 fully saturated rings. The fraction of sp³-hybridized carbons (Fsp3) is 0.429. The van der Waals surface area contributed by atoms with Crippen LogP contribution in [0.4, 0.5) is 0 Å². The van der Waals surface area contributed by atoms with Gasteiger partial charge in [0.05, 0.1) is 13.7 Å². The van der Waals surface area contributed by atoms with Crippen LogP contribution in [-0.2, 0) is 4.74 Å². The Bertz CT molecular complexity index is 372. The highest BCUT2D eigenvalue weighted by Gasteiger charge is 2.07. The van der Waals surface area contributed by atoms with E-state index in [2.05, 4.69) is 14.9 Å². The Kier molecular flexibility index (Phi) is 1.13. The Morgan fingerprint density at radius 1 is 2.09 bits per heavy atom. The Morgan fingerprint density at radius 3 is 3.45 bits per heavy atom. The molecule has 4 nitrogen and oxygen atoms in total. The molecule has 0 aliphatic carbocycles. The van der Waals surface area contributed by atoms with Gasteiger partial charge < -0.3 is 4.74 Å². The second-order valence-electron chi connectivity index (χ2n) is 1.79. The first-order chi connectivity index (χ1) is 6.88. The summed E-state index contributed by atoms with van der Waals surface area (Å²) >= 11 is 0. The van der Waals surface area contributed by atoms with Gasteiger partial charge in [0.25, 0.3) is 0 Å². The lowest BCUT2D eigenvalue weighted by atomic mass is 10.4. The highest BCUT2D eigenvalue weighted by Crippen LogP contribution is 1.99. The topological polar surface area (TPSA) is 55.0 Å². The average molecular weight is 158 g/mol. The number of aromatic amines is 1. The van der Waals surface area contributed by atoms with Gasteiger partial charge in [-0.05, 0) is 19.8 Å². The molecular formula is C7H10N2O2. The van der Waals surface area contributed by atoms with Crippen LogP contribution in [0.5, 0.6) is 0 Å². The molecule has 0 aliphatic rings. The zero-order valence-corrected chi connectivity index (χ0v) is 5.97. The SMILES string of the molecule is [2H]c1c(C([2H])([2H])[2H])n[nH]c1C(=O)OCC. The van der Waals surface area contributed by atoms with E-state index < -0.39 is 24.6 Å². The number of aromatic nitrogens is 2. The molecule has 0 unspecified atom stereocenters. The first kappa shape index (κ1) is 3.90. The molecule has 0 spiro atoms. The molecule has 0 bridgehead atoms. The summed E-state index contributed by atoms with van der Waals surface area (Å²) < 4.78 is 33.2. The lowest BCUT2D eigenvalue weighted by molar-refractivity contribution is 0.0519. The molecule has 0 saturated heterocycles. The molecule has 1 heterocycles. The lowest BCUT2D eigenvalue weighted by Gasteiger charge is -1.95. The highest BCUT2D eigenvalue weighted by molar-refractivity contribution is 5.87. The minimum absolute atomic E-state index is 0.153. The third-order valence-electron chi connectivity index (χ3n) is 1.00. The molecule has 0 aromatic carbocycles. The van der Waals surface area contributed by atoms with Gasteiger partial charge in [0, 0.05) is 4.11 Å². The second-order valence-corrected chi connectivity index (χ2v) is 1.79. The van der Waals surface area contributed by atoms with Crippen molar-refractivity contribution in [1.29, 1.82) is 0 Å². The van der Waals surface area contributed by atoms with E-state index in [-0.39, 0.29) is 12.3 Å². The number of rotatable bonds is 2. The van der Waals surface area contributed by atoms with Crippen molar-refractivity contribution in [3.63, 3.8) is 0 Å². The molecule has 1 aromatic heterocycles. The summed E-state index contributed by atoms with van der Waals surface area (Å²) in [5, 5.41) is 5.61. The average Bonchev–Trinajstić information content (AvgIpc) is 2.46. The van der Waals surface area contributed by atoms with Crippen LogP contribution < -0.4 is 0 Å². The highest BCUT2D eigenvalue weighted by atomic mass is 16.5. The summed E-state index contributed by atoms with van der Waals surface area (Å²) in [7, 11) is 0. The lowest BCUT2D eigenvalue weighted by Crippen LogP contribution is -2.04. The third kappa shape index (κ3) is 1.80. The fourth-order valence-corrected chi connectivity index (χ4v) is 0.586. The number of H-pyrrole nitrogens is 1. The smallest absolute Gasteiger partial charge is 0.356 e. The molecule has 1 N–H and O–H groups in total. The van der Waals surface area contributed by atoms with E-state index in [9.17, 15) is 4.79 Å². The summed E-state index contributed by atoms with van der Waals surface area (Å²) in [6.45, 7) is -0.735. The first-order valence-corrected chi connectivity index (χ1v) is 3.10. The Balaban J connectivity index is 3.04. The van der Waals surface area contributed by atoms with Gasteiger partial charge in [-0.1, -0.05) is 0 Å². The molecule has 0 radical (unpaired) electrons. The standard InChI is InChI=1S/C7H10N2O2/c1-3-11-7(10)6-4-5(2)8-9-6/h4H,3H2,1-2H3,(H,8,9)/i2D3,4D. The zero-order valence-electron chi connectivity index (χ0n) is 9.97. The van der Waals surface area contributed by atoms with Crippen molar-refractivity contribution in [3.05, 3.63) is 17.4 Å². The summed E-state index contributed by atoms with van der Waals surface area (Å²) in [6, 6.07) is -0.437. The minimum Gasteiger partial charge on any atom is -0.461 e. The first-order valence-electron chi connectivity index (χ1n) is 5.10. The van der Waals surface area contributed by atoms with E-state index in [1.54, 1.807) is 6.92 Å². The number of nitrogens with zero attached hydrogens (tertiary/aromatic N) is 1. The quantitative estimate of drug-likeness (QED) is 0.650. The Labute approximate surface area is 70.2 Å². The second kappa shape index (κ2) is 3.18. The number of aryl methyl sites for hydroxylation is 1. The fourth-order valence-electron chi connectivity index (χ4n) is 0.586. The van der Waals surface area contributed by atoms with Crippen LogP contribution >= 0.6 is 0 Å². The van der Waals surface area contributed by atoms with E-state index >= 15 is 0 Å². The van der Waals surface area contributed by atoms with Gasteiger partial charge in [-0.2, -0.15) is 5.10 Å². The van der Waals surface area contributed by atoms with Crippen molar-refractivity contribution in [2.75, 3.05) is 6.61 Å². The van der Waals surface area contributed by atoms with E-state index in [0.29, 0.717) is 0 Å². The molecule has 0 aliphatic heterocycles. The van der Waals surface area contributed by atoms with Crippen LogP contribution in [0.25, 0.3) is 0 Å². The number of ether oxygens (including phenoxy) is 1. The normalized spacial score (nSPS) is 16.1. The van der Waals surface area contributed by atoms with Crippen LogP contribution in [-0.4, -0.2) is 22.8 Å². The predicted molar refractivity (Wildman–Crippen MR) is 39.3 cm³/mol. The molecule has 0 amide bonds. The van der Waals surface area contributed by atoms with Crippen molar-refractivity contribution in [2.45, 2.75) is 13.8 Å². The summed E-state index contributed by atoms with van der Waals surface area (Å²) in [4.78, 5) is 11.2. The number of hydrogen-bond acceptors (Lipinski definition) is 3. The van der Waals surface area contributed by atoms with Crippen molar-refractivity contribution in [1.82, 2.24) is 10.2 Å². The number of carbonyl (C=O) groups is 1. The molecule has 1 aromatic rings. The van der Waals surface area contributed by atoms with E-state index in [0.717, 1.165) is 0 Å². The number of hydrogen-bond donors (Lipinski definition) is 1. The molecule has 0 saturated carbocycles. The summed E-state index contributed by atoms with van der Waals surface area (Å²) in [6.07, 6.45) is 0. The van der Waals surface area contributed by atoms with Gasteiger partial charge in [-0.15, -0.1) is 0 Å². The largest absolute Gasteiger partial charge is 0.461 e. The van der Waals surface area contributed by atoms with Gasteiger partial charge in [0.15, 0.2) is 0 Å². The maximum absolute atomic E-state index is 11.2. The molecule has 60 valence electrons. The number of carbonyl (C=O) groups excluding carboxylic acids is 1. The van der Waals surface area contributed by atoms with E-state index in [4.69, 9.17) is 5.48 Å². The Morgan fingerprint density at radius 2 is 2.91 bits per heavy atom. The summed E-state index contributed by atoms with van der Waals surface area (Å²) in [5.41, 5.74) is -0.659. The summed E-state index contributed by atoms with van der Waals surface area (Å²) in [5.74, 6) is -0.773. The van der Waals surface area contributed by atoms with Crippen molar-refractivity contribution >= 4 is 5.97 Å². The monoisotopic (exact) mass is 158 g/mol. The third-order valence-corrected chi connectivity index (χ3v) is 1.00. The van der Waals surface area contributed by atoms with Crippen LogP contribution in [0, 0.1) is 6.85 Å². The van der Waals surface area contributed by atoms with Crippen LogP contribution in [0.15, 0.2) is 6.04 Å². The van der Waals surface area contributed by atoms with E-state index in [1.807, 2.05) is 0 Å². The minimum atomic E-state index is -2.50. The van der Waals surface area contributed by atoms with Gasteiger partial charge in [-0.3, -0.25) is 5.10 Å². The molecule has 0 atom stereocenters. The maximum Gasteiger partial charge on any atom is 0.356 e. The van der Waals surface area contributed by atoms with Crippen molar-refractivity contribution in [3.8, 4) is 0 Å². The van der Waals surface area contributed by atoms with E-state index in [1.165, 1.54) is 0 Å². The van der Waals surface area contributed by atoms with Gasteiger partial charge in [-0.25, -0.2) is 4.79 Å². The van der Waals surface area contributed by atoms with Gasteiger partial charge in [0.1, 0.15) is 5.69 Å². The zero-order chi connectivity index (χ0) is 11.6. The van der Waals surface area contributed by atoms with Crippen molar-refractivity contribution < 1.29 is 15.0 Å². The number of esters is 1. The predicted octanol–water partition coefficient (Wildman–Crippen LogP) is 0.895. The molecular weight excluding hydrogens is 144 g/mol. The molecule has 11 heavy (non-hydrogen) atoms. The van der Waals surface area contributed by atoms with Crippen LogP contribution in [0.2, 0.25) is 0 Å². The van der Waals surface area contributed by atoms with Crippen LogP contribution in [0.1, 0.15) is 28.6 Å². The van der Waals surface area contributed by atoms with Gasteiger partial charge >= 0.3 is 5.97 Å². The maximum atomic E-state index is 11.2. The molecule has 1 rings (SSSR count). The van der Waals surface area contributed by atoms with Crippen molar-refractivity contribution in [2.24, 2.45) is 0 Å². The number of nitrogens with one attached hydrogen (secondary N) is 1. The molecule has 4 heteroatoms. The van der Waals surface area contributed by atoms with Gasteiger partial charge in [0.2, 0.25) is 0 Å².